The molecule has 0 aliphatic rings. The first-order chi connectivity index (χ1) is 10.2. The van der Waals surface area contributed by atoms with E-state index >= 15 is 0 Å². The van der Waals surface area contributed by atoms with Gasteiger partial charge in [-0.3, -0.25) is 0 Å². The minimum Gasteiger partial charge on any atom is -0.490 e. The van der Waals surface area contributed by atoms with Crippen molar-refractivity contribution in [2.45, 2.75) is 20.8 Å². The number of ether oxygens (including phenoxy) is 2. The summed E-state index contributed by atoms with van der Waals surface area (Å²) in [6.45, 7) is 7.13. The number of anilines is 3. The van der Waals surface area contributed by atoms with E-state index in [-0.39, 0.29) is 0 Å². The van der Waals surface area contributed by atoms with Crippen molar-refractivity contribution in [3.63, 3.8) is 0 Å². The van der Waals surface area contributed by atoms with Crippen LogP contribution in [0.5, 0.6) is 11.5 Å². The number of hydrogen-bond acceptors (Lipinski definition) is 4. The molecule has 0 radical (unpaired) electrons. The third-order valence-corrected chi connectivity index (χ3v) is 3.12. The van der Waals surface area contributed by atoms with Crippen LogP contribution in [0.15, 0.2) is 36.4 Å². The van der Waals surface area contributed by atoms with Crippen LogP contribution in [0.2, 0.25) is 0 Å². The summed E-state index contributed by atoms with van der Waals surface area (Å²) in [7, 11) is 0. The van der Waals surface area contributed by atoms with Crippen molar-refractivity contribution in [3.8, 4) is 11.5 Å². The first kappa shape index (κ1) is 15.0. The molecular formula is C17H22N2O2. The van der Waals surface area contributed by atoms with E-state index in [9.17, 15) is 0 Å². The Kier molecular flexibility index (Phi) is 4.93. The van der Waals surface area contributed by atoms with E-state index in [4.69, 9.17) is 15.2 Å². The molecule has 0 amide bonds. The topological polar surface area (TPSA) is 56.5 Å². The molecule has 0 saturated carbocycles. The molecule has 4 heteroatoms. The van der Waals surface area contributed by atoms with Gasteiger partial charge in [-0.05, 0) is 44.5 Å². The van der Waals surface area contributed by atoms with Crippen LogP contribution in [-0.4, -0.2) is 13.2 Å². The molecule has 0 fully saturated rings. The Bertz CT molecular complexity index is 591. The van der Waals surface area contributed by atoms with E-state index in [0.717, 1.165) is 34.1 Å². The normalized spacial score (nSPS) is 10.2. The lowest BCUT2D eigenvalue weighted by molar-refractivity contribution is 0.288. The van der Waals surface area contributed by atoms with Gasteiger partial charge < -0.3 is 20.5 Å². The molecule has 112 valence electrons. The van der Waals surface area contributed by atoms with Crippen LogP contribution in [0, 0.1) is 6.92 Å². The summed E-state index contributed by atoms with van der Waals surface area (Å²) in [6, 6.07) is 11.6. The molecule has 0 aliphatic carbocycles. The summed E-state index contributed by atoms with van der Waals surface area (Å²) < 4.78 is 11.2. The zero-order valence-corrected chi connectivity index (χ0v) is 12.8. The number of nitrogen functional groups attached to an aromatic ring is 1. The molecule has 3 N–H and O–H groups in total. The van der Waals surface area contributed by atoms with Gasteiger partial charge in [0.15, 0.2) is 11.5 Å². The third-order valence-electron chi connectivity index (χ3n) is 3.12. The Morgan fingerprint density at radius 1 is 1.00 bits per heavy atom. The van der Waals surface area contributed by atoms with Gasteiger partial charge in [0.05, 0.1) is 24.6 Å². The predicted molar refractivity (Wildman–Crippen MR) is 87.7 cm³/mol. The molecule has 2 aromatic rings. The fraction of sp³-hybridized carbons (Fsp3) is 0.294. The second-order valence-corrected chi connectivity index (χ2v) is 4.69. The van der Waals surface area contributed by atoms with Crippen molar-refractivity contribution >= 4 is 17.1 Å². The number of rotatable bonds is 6. The fourth-order valence-electron chi connectivity index (χ4n) is 2.13. The molecule has 21 heavy (non-hydrogen) atoms. The summed E-state index contributed by atoms with van der Waals surface area (Å²) in [4.78, 5) is 0. The highest BCUT2D eigenvalue weighted by atomic mass is 16.5. The van der Waals surface area contributed by atoms with Crippen LogP contribution in [-0.2, 0) is 0 Å². The average molecular weight is 286 g/mol. The van der Waals surface area contributed by atoms with Crippen LogP contribution < -0.4 is 20.5 Å². The summed E-state index contributed by atoms with van der Waals surface area (Å²) in [6.07, 6.45) is 0. The maximum Gasteiger partial charge on any atom is 0.163 e. The average Bonchev–Trinajstić information content (AvgIpc) is 2.46. The Hall–Kier alpha value is -2.36. The summed E-state index contributed by atoms with van der Waals surface area (Å²) in [5.74, 6) is 1.49. The van der Waals surface area contributed by atoms with Crippen molar-refractivity contribution < 1.29 is 9.47 Å². The van der Waals surface area contributed by atoms with Crippen LogP contribution in [0.4, 0.5) is 17.1 Å². The molecule has 0 saturated heterocycles. The summed E-state index contributed by atoms with van der Waals surface area (Å²) in [5.41, 5.74) is 9.69. The van der Waals surface area contributed by atoms with E-state index in [1.807, 2.05) is 57.2 Å². The molecule has 0 atom stereocenters. The Balaban J connectivity index is 2.30. The molecule has 0 aromatic heterocycles. The van der Waals surface area contributed by atoms with Crippen molar-refractivity contribution in [2.24, 2.45) is 0 Å². The number of nitrogens with one attached hydrogen (secondary N) is 1. The molecule has 4 nitrogen and oxygen atoms in total. The quantitative estimate of drug-likeness (QED) is 0.784. The second kappa shape index (κ2) is 6.88. The summed E-state index contributed by atoms with van der Waals surface area (Å²) in [5, 5.41) is 3.35. The molecular weight excluding hydrogens is 264 g/mol. The molecule has 0 aliphatic heterocycles. The maximum atomic E-state index is 6.03. The summed E-state index contributed by atoms with van der Waals surface area (Å²) >= 11 is 0. The van der Waals surface area contributed by atoms with Crippen LogP contribution >= 0.6 is 0 Å². The molecule has 0 unspecified atom stereocenters. The number of benzene rings is 2. The number of aryl methyl sites for hydroxylation is 1. The SMILES string of the molecule is CCOc1ccc(Nc2c(C)cccc2N)cc1OCC. The highest BCUT2D eigenvalue weighted by Gasteiger charge is 2.08. The van der Waals surface area contributed by atoms with E-state index < -0.39 is 0 Å². The van der Waals surface area contributed by atoms with Gasteiger partial charge in [-0.2, -0.15) is 0 Å². The second-order valence-electron chi connectivity index (χ2n) is 4.69. The van der Waals surface area contributed by atoms with Crippen LogP contribution in [0.1, 0.15) is 19.4 Å². The van der Waals surface area contributed by atoms with Gasteiger partial charge in [0.2, 0.25) is 0 Å². The molecule has 0 spiro atoms. The first-order valence-electron chi connectivity index (χ1n) is 7.17. The highest BCUT2D eigenvalue weighted by Crippen LogP contribution is 2.33. The number of hydrogen-bond donors (Lipinski definition) is 2. The van der Waals surface area contributed by atoms with Crippen molar-refractivity contribution in [2.75, 3.05) is 24.3 Å². The first-order valence-corrected chi connectivity index (χ1v) is 7.17. The molecule has 0 heterocycles. The molecule has 2 rings (SSSR count). The van der Waals surface area contributed by atoms with Crippen LogP contribution in [0.3, 0.4) is 0 Å². The molecule has 0 bridgehead atoms. The third kappa shape index (κ3) is 3.60. The van der Waals surface area contributed by atoms with Crippen molar-refractivity contribution in [1.82, 2.24) is 0 Å². The lowest BCUT2D eigenvalue weighted by atomic mass is 10.1. The lowest BCUT2D eigenvalue weighted by Crippen LogP contribution is -2.01. The van der Waals surface area contributed by atoms with Gasteiger partial charge in [-0.15, -0.1) is 0 Å². The Morgan fingerprint density at radius 2 is 1.71 bits per heavy atom. The van der Waals surface area contributed by atoms with E-state index in [2.05, 4.69) is 5.32 Å². The highest BCUT2D eigenvalue weighted by molar-refractivity contribution is 5.76. The van der Waals surface area contributed by atoms with Gasteiger partial charge in [0.1, 0.15) is 0 Å². The largest absolute Gasteiger partial charge is 0.490 e. The van der Waals surface area contributed by atoms with E-state index in [0.29, 0.717) is 13.2 Å². The fourth-order valence-corrected chi connectivity index (χ4v) is 2.13. The number of nitrogens with two attached hydrogens (primary N) is 1. The van der Waals surface area contributed by atoms with Gasteiger partial charge in [0.25, 0.3) is 0 Å². The van der Waals surface area contributed by atoms with Gasteiger partial charge in [-0.1, -0.05) is 12.1 Å². The minimum atomic E-state index is 0.593. The van der Waals surface area contributed by atoms with Gasteiger partial charge in [0, 0.05) is 11.8 Å². The van der Waals surface area contributed by atoms with E-state index in [1.54, 1.807) is 0 Å². The van der Waals surface area contributed by atoms with Gasteiger partial charge in [-0.25, -0.2) is 0 Å². The van der Waals surface area contributed by atoms with E-state index in [1.165, 1.54) is 0 Å². The Labute approximate surface area is 125 Å². The van der Waals surface area contributed by atoms with Gasteiger partial charge >= 0.3 is 0 Å². The van der Waals surface area contributed by atoms with Crippen molar-refractivity contribution in [3.05, 3.63) is 42.0 Å². The van der Waals surface area contributed by atoms with Crippen LogP contribution in [0.25, 0.3) is 0 Å². The molecule has 2 aromatic carbocycles. The van der Waals surface area contributed by atoms with Crippen molar-refractivity contribution in [1.29, 1.82) is 0 Å². The zero-order chi connectivity index (χ0) is 15.2. The predicted octanol–water partition coefficient (Wildman–Crippen LogP) is 4.12. The maximum absolute atomic E-state index is 6.03. The zero-order valence-electron chi connectivity index (χ0n) is 12.8. The minimum absolute atomic E-state index is 0.593. The smallest absolute Gasteiger partial charge is 0.163 e. The number of para-hydroxylation sites is 1. The Morgan fingerprint density at radius 3 is 2.38 bits per heavy atom. The standard InChI is InChI=1S/C17H22N2O2/c1-4-20-15-10-9-13(11-16(15)21-5-2)19-17-12(3)7-6-8-14(17)18/h6-11,19H,4-5,18H2,1-3H3. The monoisotopic (exact) mass is 286 g/mol. The lowest BCUT2D eigenvalue weighted by Gasteiger charge is -2.15.